The van der Waals surface area contributed by atoms with E-state index in [9.17, 15) is 9.18 Å². The molecule has 0 aliphatic carbocycles. The summed E-state index contributed by atoms with van der Waals surface area (Å²) in [6.45, 7) is 2.82. The number of rotatable bonds is 6. The van der Waals surface area contributed by atoms with Gasteiger partial charge in [0.2, 0.25) is 0 Å². The average Bonchev–Trinajstić information content (AvgIpc) is 3.28. The molecule has 2 aromatic carbocycles. The number of amides is 1. The number of fused-ring (bicyclic) bond motifs is 1. The Bertz CT molecular complexity index is 1430. The average molecular weight is 452 g/mol. The third kappa shape index (κ3) is 4.15. The Morgan fingerprint density at radius 1 is 1.00 bits per heavy atom. The second kappa shape index (κ2) is 9.23. The van der Waals surface area contributed by atoms with Gasteiger partial charge >= 0.3 is 0 Å². The van der Waals surface area contributed by atoms with Crippen LogP contribution in [0.4, 0.5) is 10.1 Å². The third-order valence-electron chi connectivity index (χ3n) is 5.69. The number of hydrogen-bond acceptors (Lipinski definition) is 4. The van der Waals surface area contributed by atoms with E-state index in [0.29, 0.717) is 41.1 Å². The number of benzene rings is 2. The van der Waals surface area contributed by atoms with Gasteiger partial charge in [-0.1, -0.05) is 30.3 Å². The molecule has 3 aromatic heterocycles. The monoisotopic (exact) mass is 451 g/mol. The number of carbonyl (C=O) groups excluding carboxylic acids is 1. The minimum atomic E-state index is -0.345. The van der Waals surface area contributed by atoms with Gasteiger partial charge in [0, 0.05) is 30.2 Å². The standard InChI is InChI=1S/C27H22FN5O/c1-2-32(22-10-8-21(28)9-11-22)27(34)23-16-25(20-6-4-3-5-7-20)31-26-24(23)17-30-33(26)18-19-12-14-29-15-13-19/h3-17H,2,18H2,1H3. The molecule has 0 radical (unpaired) electrons. The molecule has 0 N–H and O–H groups in total. The van der Waals surface area contributed by atoms with Crippen molar-refractivity contribution in [2.45, 2.75) is 13.5 Å². The summed E-state index contributed by atoms with van der Waals surface area (Å²) in [5.74, 6) is -0.538. The van der Waals surface area contributed by atoms with E-state index in [1.165, 1.54) is 12.1 Å². The molecule has 0 saturated heterocycles. The van der Waals surface area contributed by atoms with Crippen LogP contribution in [0.3, 0.4) is 0 Å². The molecule has 7 heteroatoms. The highest BCUT2D eigenvalue weighted by atomic mass is 19.1. The quantitative estimate of drug-likeness (QED) is 0.349. The fourth-order valence-electron chi connectivity index (χ4n) is 3.97. The Balaban J connectivity index is 1.65. The highest BCUT2D eigenvalue weighted by Gasteiger charge is 2.22. The van der Waals surface area contributed by atoms with Gasteiger partial charge in [-0.2, -0.15) is 5.10 Å². The van der Waals surface area contributed by atoms with Gasteiger partial charge in [-0.3, -0.25) is 9.78 Å². The van der Waals surface area contributed by atoms with Crippen molar-refractivity contribution in [2.24, 2.45) is 0 Å². The number of anilines is 1. The molecule has 0 spiro atoms. The fourth-order valence-corrected chi connectivity index (χ4v) is 3.97. The molecule has 6 nitrogen and oxygen atoms in total. The highest BCUT2D eigenvalue weighted by molar-refractivity contribution is 6.13. The first-order chi connectivity index (χ1) is 16.6. The summed E-state index contributed by atoms with van der Waals surface area (Å²) in [4.78, 5) is 24.4. The summed E-state index contributed by atoms with van der Waals surface area (Å²) in [5.41, 5.74) is 4.36. The van der Waals surface area contributed by atoms with E-state index in [-0.39, 0.29) is 11.7 Å². The summed E-state index contributed by atoms with van der Waals surface area (Å²) in [6.07, 6.45) is 5.16. The van der Waals surface area contributed by atoms with Crippen molar-refractivity contribution in [1.82, 2.24) is 19.7 Å². The maximum Gasteiger partial charge on any atom is 0.259 e. The molecule has 0 aliphatic heterocycles. The van der Waals surface area contributed by atoms with Crippen LogP contribution in [0.15, 0.2) is 91.4 Å². The molecular formula is C27H22FN5O. The summed E-state index contributed by atoms with van der Waals surface area (Å²) in [7, 11) is 0. The van der Waals surface area contributed by atoms with Crippen LogP contribution in [0.2, 0.25) is 0 Å². The molecule has 5 rings (SSSR count). The first kappa shape index (κ1) is 21.5. The minimum absolute atomic E-state index is 0.192. The lowest BCUT2D eigenvalue weighted by molar-refractivity contribution is 0.0990. The number of pyridine rings is 2. The van der Waals surface area contributed by atoms with Gasteiger partial charge in [-0.15, -0.1) is 0 Å². The van der Waals surface area contributed by atoms with Crippen molar-refractivity contribution in [3.63, 3.8) is 0 Å². The van der Waals surface area contributed by atoms with Crippen molar-refractivity contribution in [2.75, 3.05) is 11.4 Å². The molecule has 5 aromatic rings. The van der Waals surface area contributed by atoms with Gasteiger partial charge in [0.05, 0.1) is 29.4 Å². The topological polar surface area (TPSA) is 63.9 Å². The van der Waals surface area contributed by atoms with Crippen LogP contribution in [-0.2, 0) is 6.54 Å². The second-order valence-electron chi connectivity index (χ2n) is 7.84. The largest absolute Gasteiger partial charge is 0.309 e. The van der Waals surface area contributed by atoms with Crippen LogP contribution in [-0.4, -0.2) is 32.2 Å². The summed E-state index contributed by atoms with van der Waals surface area (Å²) in [6, 6.07) is 21.3. The van der Waals surface area contributed by atoms with E-state index in [4.69, 9.17) is 4.98 Å². The highest BCUT2D eigenvalue weighted by Crippen LogP contribution is 2.28. The first-order valence-electron chi connectivity index (χ1n) is 11.0. The number of hydrogen-bond donors (Lipinski definition) is 0. The lowest BCUT2D eigenvalue weighted by Crippen LogP contribution is -2.30. The van der Waals surface area contributed by atoms with Crippen LogP contribution in [0, 0.1) is 5.82 Å². The molecule has 0 fully saturated rings. The Morgan fingerprint density at radius 3 is 2.44 bits per heavy atom. The Morgan fingerprint density at radius 2 is 1.74 bits per heavy atom. The van der Waals surface area contributed by atoms with Crippen LogP contribution in [0.1, 0.15) is 22.8 Å². The number of halogens is 1. The normalized spacial score (nSPS) is 11.0. The van der Waals surface area contributed by atoms with E-state index >= 15 is 0 Å². The van der Waals surface area contributed by atoms with Crippen LogP contribution >= 0.6 is 0 Å². The minimum Gasteiger partial charge on any atom is -0.309 e. The maximum atomic E-state index is 13.8. The lowest BCUT2D eigenvalue weighted by Gasteiger charge is -2.22. The zero-order valence-corrected chi connectivity index (χ0v) is 18.6. The Labute approximate surface area is 196 Å². The second-order valence-corrected chi connectivity index (χ2v) is 7.84. The van der Waals surface area contributed by atoms with Gasteiger partial charge in [0.25, 0.3) is 5.91 Å². The number of aromatic nitrogens is 4. The fraction of sp³-hybridized carbons (Fsp3) is 0.111. The molecule has 34 heavy (non-hydrogen) atoms. The molecule has 3 heterocycles. The predicted octanol–water partition coefficient (Wildman–Crippen LogP) is 5.35. The van der Waals surface area contributed by atoms with Gasteiger partial charge in [-0.05, 0) is 55.0 Å². The predicted molar refractivity (Wildman–Crippen MR) is 130 cm³/mol. The van der Waals surface area contributed by atoms with Gasteiger partial charge in [-0.25, -0.2) is 14.1 Å². The van der Waals surface area contributed by atoms with E-state index < -0.39 is 0 Å². The van der Waals surface area contributed by atoms with E-state index in [1.807, 2.05) is 55.5 Å². The molecule has 0 aliphatic rings. The summed E-state index contributed by atoms with van der Waals surface area (Å²) >= 11 is 0. The first-order valence-corrected chi connectivity index (χ1v) is 11.0. The van der Waals surface area contributed by atoms with Crippen LogP contribution in [0.25, 0.3) is 22.3 Å². The number of carbonyl (C=O) groups is 1. The lowest BCUT2D eigenvalue weighted by atomic mass is 10.1. The Kier molecular flexibility index (Phi) is 5.82. The Hall–Kier alpha value is -4.39. The number of nitrogens with zero attached hydrogens (tertiary/aromatic N) is 5. The molecule has 0 bridgehead atoms. The van der Waals surface area contributed by atoms with Gasteiger partial charge < -0.3 is 4.90 Å². The van der Waals surface area contributed by atoms with Crippen molar-refractivity contribution in [1.29, 1.82) is 0 Å². The van der Waals surface area contributed by atoms with E-state index in [2.05, 4.69) is 10.1 Å². The zero-order valence-electron chi connectivity index (χ0n) is 18.6. The van der Waals surface area contributed by atoms with Crippen molar-refractivity contribution < 1.29 is 9.18 Å². The van der Waals surface area contributed by atoms with E-state index in [1.54, 1.807) is 40.3 Å². The SMILES string of the molecule is CCN(C(=O)c1cc(-c2ccccc2)nc2c1cnn2Cc1ccncc1)c1ccc(F)cc1. The van der Waals surface area contributed by atoms with Crippen molar-refractivity contribution >= 4 is 22.6 Å². The third-order valence-corrected chi connectivity index (χ3v) is 5.69. The summed E-state index contributed by atoms with van der Waals surface area (Å²) in [5, 5.41) is 5.22. The van der Waals surface area contributed by atoms with Crippen LogP contribution in [0.5, 0.6) is 0 Å². The van der Waals surface area contributed by atoms with Crippen molar-refractivity contribution in [3.05, 3.63) is 108 Å². The molecule has 0 atom stereocenters. The summed E-state index contributed by atoms with van der Waals surface area (Å²) < 4.78 is 15.3. The van der Waals surface area contributed by atoms with E-state index in [0.717, 1.165) is 11.1 Å². The smallest absolute Gasteiger partial charge is 0.259 e. The van der Waals surface area contributed by atoms with Crippen molar-refractivity contribution in [3.8, 4) is 11.3 Å². The molecule has 0 unspecified atom stereocenters. The molecule has 168 valence electrons. The van der Waals surface area contributed by atoms with Gasteiger partial charge in [0.1, 0.15) is 5.82 Å². The zero-order chi connectivity index (χ0) is 23.5. The molecule has 0 saturated carbocycles. The van der Waals surface area contributed by atoms with Gasteiger partial charge in [0.15, 0.2) is 5.65 Å². The molecule has 1 amide bonds. The maximum absolute atomic E-state index is 13.8. The van der Waals surface area contributed by atoms with Crippen LogP contribution < -0.4 is 4.90 Å². The molecular weight excluding hydrogens is 429 g/mol.